The molecule has 0 saturated carbocycles. The largest absolute Gasteiger partial charge is 0.487 e. The van der Waals surface area contributed by atoms with Crippen LogP contribution in [0.25, 0.3) is 5.69 Å². The van der Waals surface area contributed by atoms with Gasteiger partial charge in [0.1, 0.15) is 12.4 Å². The van der Waals surface area contributed by atoms with Crippen LogP contribution in [-0.4, -0.2) is 32.5 Å². The van der Waals surface area contributed by atoms with E-state index in [0.717, 1.165) is 55.5 Å². The molecule has 0 aliphatic rings. The van der Waals surface area contributed by atoms with E-state index in [9.17, 15) is 0 Å². The van der Waals surface area contributed by atoms with Gasteiger partial charge in [-0.05, 0) is 77.7 Å². The first-order chi connectivity index (χ1) is 15.7. The molecule has 32 heavy (non-hydrogen) atoms. The molecule has 0 radical (unpaired) electrons. The molecule has 0 bridgehead atoms. The van der Waals surface area contributed by atoms with Gasteiger partial charge in [0.25, 0.3) is 0 Å². The van der Waals surface area contributed by atoms with Gasteiger partial charge in [-0.2, -0.15) is 4.68 Å². The number of nitrogens with one attached hydrogen (secondary N) is 1. The number of hydrogen-bond acceptors (Lipinski definition) is 6. The average molecular weight is 575 g/mol. The number of benzene rings is 3. The molecule has 164 valence electrons. The SMILES string of the molecule is Brc1cc(CNCCSc2nnnn2-c2ccccc2)cc(Br)c1OCc1ccccc1. The summed E-state index contributed by atoms with van der Waals surface area (Å²) in [5, 5.41) is 16.3. The first-order valence-electron chi connectivity index (χ1n) is 10.0. The van der Waals surface area contributed by atoms with E-state index in [0.29, 0.717) is 6.61 Å². The maximum Gasteiger partial charge on any atom is 0.214 e. The summed E-state index contributed by atoms with van der Waals surface area (Å²) in [4.78, 5) is 0. The molecule has 3 aromatic carbocycles. The van der Waals surface area contributed by atoms with Crippen molar-refractivity contribution in [1.82, 2.24) is 25.5 Å². The zero-order valence-electron chi connectivity index (χ0n) is 17.1. The van der Waals surface area contributed by atoms with Crippen molar-refractivity contribution in [2.75, 3.05) is 12.3 Å². The summed E-state index contributed by atoms with van der Waals surface area (Å²) in [6, 6.07) is 24.2. The minimum atomic E-state index is 0.523. The quantitative estimate of drug-likeness (QED) is 0.195. The molecule has 0 fully saturated rings. The second kappa shape index (κ2) is 11.6. The molecule has 9 heteroatoms. The monoisotopic (exact) mass is 573 g/mol. The van der Waals surface area contributed by atoms with Crippen LogP contribution in [0, 0.1) is 0 Å². The van der Waals surface area contributed by atoms with E-state index in [1.807, 2.05) is 48.5 Å². The smallest absolute Gasteiger partial charge is 0.214 e. The number of thioether (sulfide) groups is 1. The fraction of sp³-hybridized carbons (Fsp3) is 0.174. The molecule has 1 heterocycles. The second-order valence-electron chi connectivity index (χ2n) is 6.90. The van der Waals surface area contributed by atoms with Gasteiger partial charge in [-0.15, -0.1) is 5.10 Å². The number of nitrogens with zero attached hydrogens (tertiary/aromatic N) is 4. The zero-order chi connectivity index (χ0) is 22.2. The highest BCUT2D eigenvalue weighted by molar-refractivity contribution is 9.11. The molecule has 0 aliphatic carbocycles. The predicted octanol–water partition coefficient (Wildman–Crippen LogP) is 5.65. The van der Waals surface area contributed by atoms with Crippen molar-refractivity contribution < 1.29 is 4.74 Å². The lowest BCUT2D eigenvalue weighted by atomic mass is 10.2. The van der Waals surface area contributed by atoms with Crippen molar-refractivity contribution in [3.05, 3.63) is 92.9 Å². The third kappa shape index (κ3) is 6.19. The van der Waals surface area contributed by atoms with Crippen LogP contribution in [0.5, 0.6) is 5.75 Å². The van der Waals surface area contributed by atoms with E-state index in [4.69, 9.17) is 4.74 Å². The molecule has 0 spiro atoms. The maximum absolute atomic E-state index is 6.00. The Kier molecular flexibility index (Phi) is 8.33. The Morgan fingerprint density at radius 1 is 0.906 bits per heavy atom. The van der Waals surface area contributed by atoms with E-state index in [1.165, 1.54) is 0 Å². The van der Waals surface area contributed by atoms with Gasteiger partial charge in [-0.3, -0.25) is 0 Å². The number of halogens is 2. The minimum absolute atomic E-state index is 0.523. The molecule has 0 aliphatic heterocycles. The van der Waals surface area contributed by atoms with Gasteiger partial charge < -0.3 is 10.1 Å². The first kappa shape index (κ1) is 23.0. The predicted molar refractivity (Wildman–Crippen MR) is 134 cm³/mol. The average Bonchev–Trinajstić information content (AvgIpc) is 3.28. The molecule has 0 saturated heterocycles. The van der Waals surface area contributed by atoms with Gasteiger partial charge >= 0.3 is 0 Å². The van der Waals surface area contributed by atoms with Crippen molar-refractivity contribution in [2.24, 2.45) is 0 Å². The molecule has 1 N–H and O–H groups in total. The van der Waals surface area contributed by atoms with Gasteiger partial charge in [0.15, 0.2) is 0 Å². The molecule has 0 atom stereocenters. The van der Waals surface area contributed by atoms with Crippen molar-refractivity contribution in [3.8, 4) is 11.4 Å². The van der Waals surface area contributed by atoms with Crippen molar-refractivity contribution in [3.63, 3.8) is 0 Å². The third-order valence-corrected chi connectivity index (χ3v) is 6.66. The molecule has 4 rings (SSSR count). The maximum atomic E-state index is 6.00. The summed E-state index contributed by atoms with van der Waals surface area (Å²) in [6.45, 7) is 2.10. The van der Waals surface area contributed by atoms with Gasteiger partial charge in [0.05, 0.1) is 14.6 Å². The third-order valence-electron chi connectivity index (χ3n) is 4.56. The van der Waals surface area contributed by atoms with Gasteiger partial charge in [0.2, 0.25) is 5.16 Å². The van der Waals surface area contributed by atoms with Crippen molar-refractivity contribution >= 4 is 43.6 Å². The van der Waals surface area contributed by atoms with Crippen molar-refractivity contribution in [1.29, 1.82) is 0 Å². The normalized spacial score (nSPS) is 10.9. The summed E-state index contributed by atoms with van der Waals surface area (Å²) >= 11 is 8.90. The van der Waals surface area contributed by atoms with Crippen LogP contribution in [0.3, 0.4) is 0 Å². The Morgan fingerprint density at radius 3 is 2.31 bits per heavy atom. The number of hydrogen-bond donors (Lipinski definition) is 1. The highest BCUT2D eigenvalue weighted by Crippen LogP contribution is 2.35. The fourth-order valence-electron chi connectivity index (χ4n) is 3.03. The highest BCUT2D eigenvalue weighted by Gasteiger charge is 2.11. The number of ether oxygens (including phenoxy) is 1. The summed E-state index contributed by atoms with van der Waals surface area (Å²) in [6.07, 6.45) is 0. The van der Waals surface area contributed by atoms with Crippen LogP contribution in [-0.2, 0) is 13.2 Å². The Morgan fingerprint density at radius 2 is 1.59 bits per heavy atom. The van der Waals surface area contributed by atoms with Crippen LogP contribution < -0.4 is 10.1 Å². The molecule has 0 unspecified atom stereocenters. The van der Waals surface area contributed by atoms with Crippen LogP contribution in [0.4, 0.5) is 0 Å². The van der Waals surface area contributed by atoms with Crippen molar-refractivity contribution in [2.45, 2.75) is 18.3 Å². The first-order valence-corrected chi connectivity index (χ1v) is 12.6. The van der Waals surface area contributed by atoms with Crippen LogP contribution in [0.15, 0.2) is 86.9 Å². The minimum Gasteiger partial charge on any atom is -0.487 e. The summed E-state index contributed by atoms with van der Waals surface area (Å²) in [5.41, 5.74) is 3.25. The van der Waals surface area contributed by atoms with E-state index in [1.54, 1.807) is 16.4 Å². The Balaban J connectivity index is 1.26. The number of para-hydroxylation sites is 1. The lowest BCUT2D eigenvalue weighted by molar-refractivity contribution is 0.302. The summed E-state index contributed by atoms with van der Waals surface area (Å²) in [5.74, 6) is 1.66. The fourth-order valence-corrected chi connectivity index (χ4v) is 5.33. The second-order valence-corrected chi connectivity index (χ2v) is 9.67. The van der Waals surface area contributed by atoms with Crippen LogP contribution in [0.2, 0.25) is 0 Å². The standard InChI is InChI=1S/C23H21Br2N5OS/c24-20-13-18(14-21(25)22(20)31-16-17-7-3-1-4-8-17)15-26-11-12-32-23-27-28-29-30(23)19-9-5-2-6-10-19/h1-10,13-14,26H,11-12,15-16H2. The highest BCUT2D eigenvalue weighted by atomic mass is 79.9. The van der Waals surface area contributed by atoms with E-state index in [2.05, 4.69) is 77.0 Å². The van der Waals surface area contributed by atoms with Gasteiger partial charge in [-0.25, -0.2) is 0 Å². The van der Waals surface area contributed by atoms with Crippen LogP contribution in [0.1, 0.15) is 11.1 Å². The summed E-state index contributed by atoms with van der Waals surface area (Å²) < 4.78 is 9.61. The zero-order valence-corrected chi connectivity index (χ0v) is 21.1. The van der Waals surface area contributed by atoms with E-state index in [-0.39, 0.29) is 0 Å². The number of aromatic nitrogens is 4. The Labute approximate surface area is 208 Å². The van der Waals surface area contributed by atoms with Crippen LogP contribution >= 0.6 is 43.6 Å². The van der Waals surface area contributed by atoms with Gasteiger partial charge in [0, 0.05) is 18.8 Å². The Bertz CT molecular complexity index is 1120. The molecular formula is C23H21Br2N5OS. The lowest BCUT2D eigenvalue weighted by Crippen LogP contribution is -2.17. The number of rotatable bonds is 10. The molecular weight excluding hydrogens is 554 g/mol. The molecule has 4 aromatic rings. The molecule has 0 amide bonds. The molecule has 1 aromatic heterocycles. The summed E-state index contributed by atoms with van der Waals surface area (Å²) in [7, 11) is 0. The lowest BCUT2D eigenvalue weighted by Gasteiger charge is -2.13. The van der Waals surface area contributed by atoms with Gasteiger partial charge in [-0.1, -0.05) is 60.3 Å². The van der Waals surface area contributed by atoms with E-state index >= 15 is 0 Å². The molecule has 6 nitrogen and oxygen atoms in total. The topological polar surface area (TPSA) is 64.9 Å². The number of tetrazole rings is 1. The Hall–Kier alpha value is -2.20. The van der Waals surface area contributed by atoms with E-state index < -0.39 is 0 Å².